The van der Waals surface area contributed by atoms with Gasteiger partial charge in [0.2, 0.25) is 0 Å². The fourth-order valence-electron chi connectivity index (χ4n) is 1.54. The maximum atomic E-state index is 12.0. The van der Waals surface area contributed by atoms with E-state index in [9.17, 15) is 9.90 Å². The number of hydrogen-bond donors (Lipinski definition) is 2. The van der Waals surface area contributed by atoms with Gasteiger partial charge in [0.05, 0.1) is 24.1 Å². The van der Waals surface area contributed by atoms with Crippen molar-refractivity contribution in [2.24, 2.45) is 0 Å². The summed E-state index contributed by atoms with van der Waals surface area (Å²) in [4.78, 5) is 12.6. The van der Waals surface area contributed by atoms with E-state index in [1.807, 2.05) is 13.8 Å². The molecule has 1 aromatic rings. The molecule has 0 aromatic carbocycles. The number of aliphatic hydroxyl groups is 1. The lowest BCUT2D eigenvalue weighted by Gasteiger charge is -2.30. The Kier molecular flexibility index (Phi) is 4.96. The van der Waals surface area contributed by atoms with Crippen molar-refractivity contribution in [1.82, 2.24) is 5.32 Å². The van der Waals surface area contributed by atoms with E-state index in [0.29, 0.717) is 23.5 Å². The van der Waals surface area contributed by atoms with Gasteiger partial charge in [-0.25, -0.2) is 0 Å². The summed E-state index contributed by atoms with van der Waals surface area (Å²) in [5, 5.41) is 14.1. The monoisotopic (exact) mass is 257 g/mol. The highest BCUT2D eigenvalue weighted by atomic mass is 32.1. The zero-order valence-corrected chi connectivity index (χ0v) is 11.3. The van der Waals surface area contributed by atoms with Crippen LogP contribution in [0.25, 0.3) is 0 Å². The first-order valence-corrected chi connectivity index (χ1v) is 6.54. The van der Waals surface area contributed by atoms with Gasteiger partial charge in [-0.15, -0.1) is 11.3 Å². The van der Waals surface area contributed by atoms with Gasteiger partial charge in [0.1, 0.15) is 5.75 Å². The van der Waals surface area contributed by atoms with Crippen LogP contribution in [-0.2, 0) is 0 Å². The van der Waals surface area contributed by atoms with E-state index in [-0.39, 0.29) is 12.5 Å². The predicted octanol–water partition coefficient (Wildman–Crippen LogP) is 2.04. The number of ether oxygens (including phenoxy) is 1. The van der Waals surface area contributed by atoms with Crippen LogP contribution in [0.2, 0.25) is 0 Å². The highest BCUT2D eigenvalue weighted by Gasteiger charge is 2.28. The van der Waals surface area contributed by atoms with E-state index in [1.165, 1.54) is 11.3 Å². The molecule has 1 heterocycles. The van der Waals surface area contributed by atoms with E-state index in [4.69, 9.17) is 4.74 Å². The third-order valence-corrected chi connectivity index (χ3v) is 3.98. The molecule has 0 aliphatic carbocycles. The smallest absolute Gasteiger partial charge is 0.261 e. The van der Waals surface area contributed by atoms with Gasteiger partial charge in [-0.3, -0.25) is 4.79 Å². The topological polar surface area (TPSA) is 58.6 Å². The number of thiophene rings is 1. The predicted molar refractivity (Wildman–Crippen MR) is 68.7 cm³/mol. The highest BCUT2D eigenvalue weighted by molar-refractivity contribution is 7.12. The zero-order chi connectivity index (χ0) is 12.9. The average Bonchev–Trinajstić information content (AvgIpc) is 2.85. The SMILES string of the molecule is CCC(CC)(CO)NC(=O)c1cc(OC)cs1. The molecule has 0 saturated carbocycles. The molecule has 1 rings (SSSR count). The number of rotatable bonds is 6. The van der Waals surface area contributed by atoms with Crippen LogP contribution in [0.1, 0.15) is 36.4 Å². The second kappa shape index (κ2) is 6.02. The van der Waals surface area contributed by atoms with Gasteiger partial charge >= 0.3 is 0 Å². The first-order valence-electron chi connectivity index (χ1n) is 5.66. The Morgan fingerprint density at radius 1 is 1.53 bits per heavy atom. The minimum absolute atomic E-state index is 0.0474. The Bertz CT molecular complexity index is 363. The summed E-state index contributed by atoms with van der Waals surface area (Å²) in [6.07, 6.45) is 1.41. The molecule has 0 aliphatic rings. The molecule has 17 heavy (non-hydrogen) atoms. The van der Waals surface area contributed by atoms with E-state index in [2.05, 4.69) is 5.32 Å². The van der Waals surface area contributed by atoms with Crippen LogP contribution in [0, 0.1) is 0 Å². The third-order valence-electron chi connectivity index (χ3n) is 3.07. The van der Waals surface area contributed by atoms with E-state index in [0.717, 1.165) is 0 Å². The zero-order valence-electron chi connectivity index (χ0n) is 10.4. The summed E-state index contributed by atoms with van der Waals surface area (Å²) in [5.41, 5.74) is -0.520. The third kappa shape index (κ3) is 3.20. The number of carbonyl (C=O) groups is 1. The molecule has 0 spiro atoms. The largest absolute Gasteiger partial charge is 0.496 e. The minimum Gasteiger partial charge on any atom is -0.496 e. The molecule has 0 bridgehead atoms. The number of hydrogen-bond acceptors (Lipinski definition) is 4. The summed E-state index contributed by atoms with van der Waals surface area (Å²) in [5.74, 6) is 0.527. The Morgan fingerprint density at radius 3 is 2.59 bits per heavy atom. The van der Waals surface area contributed by atoms with Crippen molar-refractivity contribution in [2.75, 3.05) is 13.7 Å². The molecule has 0 unspecified atom stereocenters. The van der Waals surface area contributed by atoms with Gasteiger partial charge in [0.25, 0.3) is 5.91 Å². The maximum Gasteiger partial charge on any atom is 0.261 e. The molecular weight excluding hydrogens is 238 g/mol. The van der Waals surface area contributed by atoms with Crippen molar-refractivity contribution in [3.05, 3.63) is 16.3 Å². The summed E-state index contributed by atoms with van der Waals surface area (Å²) >= 11 is 1.34. The van der Waals surface area contributed by atoms with E-state index >= 15 is 0 Å². The second-order valence-corrected chi connectivity index (χ2v) is 4.86. The summed E-state index contributed by atoms with van der Waals surface area (Å²) in [6, 6.07) is 1.70. The van der Waals surface area contributed by atoms with Crippen molar-refractivity contribution < 1.29 is 14.6 Å². The molecule has 1 aromatic heterocycles. The fourth-order valence-corrected chi connectivity index (χ4v) is 2.29. The normalized spacial score (nSPS) is 11.3. The van der Waals surface area contributed by atoms with Gasteiger partial charge in [0.15, 0.2) is 0 Å². The Hall–Kier alpha value is -1.07. The molecule has 0 saturated heterocycles. The first-order chi connectivity index (χ1) is 8.10. The van der Waals surface area contributed by atoms with Gasteiger partial charge in [-0.1, -0.05) is 13.8 Å². The molecule has 0 atom stereocenters. The first kappa shape index (κ1) is 14.0. The lowest BCUT2D eigenvalue weighted by Crippen LogP contribution is -2.50. The molecule has 4 nitrogen and oxygen atoms in total. The second-order valence-electron chi connectivity index (χ2n) is 3.95. The molecule has 5 heteroatoms. The summed E-state index contributed by atoms with van der Waals surface area (Å²) in [6.45, 7) is 3.86. The Morgan fingerprint density at radius 2 is 2.18 bits per heavy atom. The fraction of sp³-hybridized carbons (Fsp3) is 0.583. The van der Waals surface area contributed by atoms with E-state index < -0.39 is 5.54 Å². The molecule has 0 fully saturated rings. The van der Waals surface area contributed by atoms with Crippen LogP contribution in [0.5, 0.6) is 5.75 Å². The molecule has 0 radical (unpaired) electrons. The van der Waals surface area contributed by atoms with Crippen molar-refractivity contribution in [3.8, 4) is 5.75 Å². The number of aliphatic hydroxyl groups excluding tert-OH is 1. The number of nitrogens with one attached hydrogen (secondary N) is 1. The number of amides is 1. The minimum atomic E-state index is -0.520. The number of carbonyl (C=O) groups excluding carboxylic acids is 1. The number of methoxy groups -OCH3 is 1. The maximum absolute atomic E-state index is 12.0. The van der Waals surface area contributed by atoms with Crippen LogP contribution in [0.15, 0.2) is 11.4 Å². The molecular formula is C12H19NO3S. The van der Waals surface area contributed by atoms with Gasteiger partial charge < -0.3 is 15.2 Å². The van der Waals surface area contributed by atoms with Crippen molar-refractivity contribution in [3.63, 3.8) is 0 Å². The summed E-state index contributed by atoms with van der Waals surface area (Å²) < 4.78 is 5.04. The van der Waals surface area contributed by atoms with Crippen molar-refractivity contribution in [1.29, 1.82) is 0 Å². The lowest BCUT2D eigenvalue weighted by molar-refractivity contribution is 0.0822. The van der Waals surface area contributed by atoms with Gasteiger partial charge in [0, 0.05) is 11.4 Å². The highest BCUT2D eigenvalue weighted by Crippen LogP contribution is 2.22. The van der Waals surface area contributed by atoms with Crippen LogP contribution >= 0.6 is 11.3 Å². The van der Waals surface area contributed by atoms with Crippen LogP contribution in [-0.4, -0.2) is 30.3 Å². The van der Waals surface area contributed by atoms with Crippen molar-refractivity contribution in [2.45, 2.75) is 32.2 Å². The van der Waals surface area contributed by atoms with E-state index in [1.54, 1.807) is 18.6 Å². The Labute approximate surface area is 106 Å². The van der Waals surface area contributed by atoms with Crippen LogP contribution in [0.4, 0.5) is 0 Å². The summed E-state index contributed by atoms with van der Waals surface area (Å²) in [7, 11) is 1.57. The van der Waals surface area contributed by atoms with Crippen LogP contribution < -0.4 is 10.1 Å². The van der Waals surface area contributed by atoms with Gasteiger partial charge in [-0.05, 0) is 12.8 Å². The molecule has 1 amide bonds. The quantitative estimate of drug-likeness (QED) is 0.820. The average molecular weight is 257 g/mol. The molecule has 0 aliphatic heterocycles. The van der Waals surface area contributed by atoms with Crippen molar-refractivity contribution >= 4 is 17.2 Å². The molecule has 2 N–H and O–H groups in total. The molecule has 96 valence electrons. The Balaban J connectivity index is 2.77. The standard InChI is InChI=1S/C12H19NO3S/c1-4-12(5-2,8-14)13-11(15)10-6-9(16-3)7-17-10/h6-7,14H,4-5,8H2,1-3H3,(H,13,15). The van der Waals surface area contributed by atoms with Crippen LogP contribution in [0.3, 0.4) is 0 Å². The van der Waals surface area contributed by atoms with Gasteiger partial charge in [-0.2, -0.15) is 0 Å². The lowest BCUT2D eigenvalue weighted by atomic mass is 9.94.